The van der Waals surface area contributed by atoms with E-state index in [1.807, 2.05) is 12.1 Å². The fourth-order valence-corrected chi connectivity index (χ4v) is 2.58. The van der Waals surface area contributed by atoms with Gasteiger partial charge in [0.15, 0.2) is 0 Å². The van der Waals surface area contributed by atoms with Crippen molar-refractivity contribution < 1.29 is 22.8 Å². The van der Waals surface area contributed by atoms with Gasteiger partial charge in [-0.3, -0.25) is 14.6 Å². The zero-order valence-corrected chi connectivity index (χ0v) is 15.9. The third-order valence-electron chi connectivity index (χ3n) is 4.38. The molecule has 0 fully saturated rings. The number of aromatic nitrogens is 1. The van der Waals surface area contributed by atoms with Crippen LogP contribution in [-0.4, -0.2) is 35.3 Å². The van der Waals surface area contributed by atoms with Crippen molar-refractivity contribution in [3.05, 3.63) is 59.9 Å². The number of benzene rings is 1. The first-order chi connectivity index (χ1) is 13.0. The molecule has 0 atom stereocenters. The lowest BCUT2D eigenvalue weighted by Crippen LogP contribution is -2.46. The number of anilines is 1. The van der Waals surface area contributed by atoms with Gasteiger partial charge in [-0.2, -0.15) is 13.2 Å². The van der Waals surface area contributed by atoms with Gasteiger partial charge in [0.05, 0.1) is 5.56 Å². The number of amides is 2. The first-order valence-electron chi connectivity index (χ1n) is 8.65. The fraction of sp³-hybridized carbons (Fsp3) is 0.350. The van der Waals surface area contributed by atoms with Crippen molar-refractivity contribution in [3.63, 3.8) is 0 Å². The molecule has 0 aliphatic heterocycles. The highest BCUT2D eigenvalue weighted by atomic mass is 19.4. The average Bonchev–Trinajstić information content (AvgIpc) is 2.65. The predicted octanol–water partition coefficient (Wildman–Crippen LogP) is 3.77. The van der Waals surface area contributed by atoms with E-state index in [1.165, 1.54) is 30.9 Å². The highest BCUT2D eigenvalue weighted by molar-refractivity contribution is 6.09. The van der Waals surface area contributed by atoms with E-state index in [2.05, 4.69) is 10.3 Å². The Morgan fingerprint density at radius 1 is 1.11 bits per heavy atom. The molecule has 0 saturated heterocycles. The molecule has 0 bridgehead atoms. The largest absolute Gasteiger partial charge is 0.416 e. The van der Waals surface area contributed by atoms with Gasteiger partial charge < -0.3 is 10.2 Å². The van der Waals surface area contributed by atoms with Crippen LogP contribution in [0.2, 0.25) is 0 Å². The van der Waals surface area contributed by atoms with Crippen molar-refractivity contribution in [2.24, 2.45) is 5.41 Å². The second-order valence-corrected chi connectivity index (χ2v) is 6.99. The third-order valence-corrected chi connectivity index (χ3v) is 4.38. The molecule has 2 rings (SSSR count). The number of likely N-dealkylation sites (N-methyl/N-ethyl adjacent to an activating group) is 1. The van der Waals surface area contributed by atoms with Crippen LogP contribution in [-0.2, 0) is 22.2 Å². The molecule has 0 spiro atoms. The number of carbonyl (C=O) groups is 2. The molecule has 1 aromatic heterocycles. The second kappa shape index (κ2) is 8.41. The van der Waals surface area contributed by atoms with Crippen LogP contribution in [0.1, 0.15) is 25.0 Å². The van der Waals surface area contributed by atoms with Crippen molar-refractivity contribution in [3.8, 4) is 0 Å². The first kappa shape index (κ1) is 21.4. The fourth-order valence-electron chi connectivity index (χ4n) is 2.58. The van der Waals surface area contributed by atoms with Crippen LogP contribution < -0.4 is 5.32 Å². The number of alkyl halides is 3. The minimum atomic E-state index is -4.51. The quantitative estimate of drug-likeness (QED) is 0.760. The van der Waals surface area contributed by atoms with E-state index in [4.69, 9.17) is 0 Å². The molecule has 0 aliphatic rings. The van der Waals surface area contributed by atoms with Crippen molar-refractivity contribution in [1.82, 2.24) is 9.88 Å². The minimum Gasteiger partial charge on any atom is -0.345 e. The maximum Gasteiger partial charge on any atom is 0.416 e. The Kier molecular flexibility index (Phi) is 6.43. The minimum absolute atomic E-state index is 0.0138. The van der Waals surface area contributed by atoms with Crippen LogP contribution >= 0.6 is 0 Å². The highest BCUT2D eigenvalue weighted by Gasteiger charge is 2.38. The molecule has 0 aliphatic carbocycles. The van der Waals surface area contributed by atoms with E-state index in [-0.39, 0.29) is 5.69 Å². The van der Waals surface area contributed by atoms with E-state index in [0.29, 0.717) is 13.0 Å². The number of nitrogens with zero attached hydrogens (tertiary/aromatic N) is 2. The molecular weight excluding hydrogens is 371 g/mol. The predicted molar refractivity (Wildman–Crippen MR) is 99.4 cm³/mol. The van der Waals surface area contributed by atoms with Gasteiger partial charge in [0, 0.05) is 31.7 Å². The van der Waals surface area contributed by atoms with E-state index < -0.39 is 29.0 Å². The number of hydrogen-bond acceptors (Lipinski definition) is 3. The molecule has 0 unspecified atom stereocenters. The first-order valence-corrected chi connectivity index (χ1v) is 8.65. The number of rotatable bonds is 6. The summed E-state index contributed by atoms with van der Waals surface area (Å²) in [5.41, 5.74) is -1.33. The number of carbonyl (C=O) groups excluding carboxylic acids is 2. The summed E-state index contributed by atoms with van der Waals surface area (Å²) in [4.78, 5) is 30.6. The normalized spacial score (nSPS) is 11.8. The number of pyridine rings is 1. The summed E-state index contributed by atoms with van der Waals surface area (Å²) in [5, 5.41) is 2.41. The summed E-state index contributed by atoms with van der Waals surface area (Å²) in [6.45, 7) is 3.28. The Morgan fingerprint density at radius 2 is 1.75 bits per heavy atom. The van der Waals surface area contributed by atoms with Crippen LogP contribution in [0.25, 0.3) is 0 Å². The van der Waals surface area contributed by atoms with Crippen LogP contribution in [0.5, 0.6) is 0 Å². The molecular formula is C20H22F3N3O2. The number of hydrogen-bond donors (Lipinski definition) is 1. The van der Waals surface area contributed by atoms with Gasteiger partial charge in [-0.1, -0.05) is 6.07 Å². The lowest BCUT2D eigenvalue weighted by molar-refractivity contribution is -0.145. The Morgan fingerprint density at radius 3 is 2.36 bits per heavy atom. The number of halogens is 3. The molecule has 5 nitrogen and oxygen atoms in total. The molecule has 0 radical (unpaired) electrons. The molecule has 2 amide bonds. The van der Waals surface area contributed by atoms with Gasteiger partial charge in [-0.15, -0.1) is 0 Å². The Bertz CT molecular complexity index is 836. The molecule has 8 heteroatoms. The van der Waals surface area contributed by atoms with E-state index in [1.54, 1.807) is 19.4 Å². The smallest absolute Gasteiger partial charge is 0.345 e. The highest BCUT2D eigenvalue weighted by Crippen LogP contribution is 2.31. The molecule has 28 heavy (non-hydrogen) atoms. The van der Waals surface area contributed by atoms with E-state index in [9.17, 15) is 22.8 Å². The summed E-state index contributed by atoms with van der Waals surface area (Å²) in [7, 11) is 1.59. The standard InChI is InChI=1S/C20H22F3N3O2/c1-19(2,18(28)26(3)12-9-14-7-10-24-11-8-14)17(27)25-16-6-4-5-15(13-16)20(21,22)23/h4-8,10-11,13H,9,12H2,1-3H3,(H,25,27). The molecule has 0 saturated carbocycles. The van der Waals surface area contributed by atoms with Gasteiger partial charge in [0.25, 0.3) is 0 Å². The topological polar surface area (TPSA) is 62.3 Å². The Hall–Kier alpha value is -2.90. The van der Waals surface area contributed by atoms with E-state index >= 15 is 0 Å². The molecule has 1 aromatic carbocycles. The maximum atomic E-state index is 12.8. The second-order valence-electron chi connectivity index (χ2n) is 6.99. The van der Waals surface area contributed by atoms with E-state index in [0.717, 1.165) is 17.7 Å². The van der Waals surface area contributed by atoms with Crippen LogP contribution in [0.15, 0.2) is 48.8 Å². The third kappa shape index (κ3) is 5.31. The van der Waals surface area contributed by atoms with Crippen LogP contribution in [0, 0.1) is 5.41 Å². The van der Waals surface area contributed by atoms with Gasteiger partial charge in [0.1, 0.15) is 5.41 Å². The van der Waals surface area contributed by atoms with Crippen molar-refractivity contribution in [2.75, 3.05) is 18.9 Å². The van der Waals surface area contributed by atoms with Crippen LogP contribution in [0.4, 0.5) is 18.9 Å². The zero-order valence-electron chi connectivity index (χ0n) is 15.9. The van der Waals surface area contributed by atoms with Gasteiger partial charge >= 0.3 is 6.18 Å². The summed E-state index contributed by atoms with van der Waals surface area (Å²) in [5.74, 6) is -1.10. The lowest BCUT2D eigenvalue weighted by atomic mass is 9.90. The van der Waals surface area contributed by atoms with Gasteiger partial charge in [-0.05, 0) is 56.2 Å². The van der Waals surface area contributed by atoms with Crippen LogP contribution in [0.3, 0.4) is 0 Å². The Balaban J connectivity index is 2.03. The number of nitrogens with one attached hydrogen (secondary N) is 1. The van der Waals surface area contributed by atoms with Gasteiger partial charge in [-0.25, -0.2) is 0 Å². The molecule has 2 aromatic rings. The average molecular weight is 393 g/mol. The maximum absolute atomic E-state index is 12.8. The Labute approximate surface area is 161 Å². The summed E-state index contributed by atoms with van der Waals surface area (Å²) >= 11 is 0. The van der Waals surface area contributed by atoms with Crippen molar-refractivity contribution in [2.45, 2.75) is 26.4 Å². The monoisotopic (exact) mass is 393 g/mol. The lowest BCUT2D eigenvalue weighted by Gasteiger charge is -2.28. The SMILES string of the molecule is CN(CCc1ccncc1)C(=O)C(C)(C)C(=O)Nc1cccc(C(F)(F)F)c1. The van der Waals surface area contributed by atoms with Gasteiger partial charge in [0.2, 0.25) is 11.8 Å². The summed E-state index contributed by atoms with van der Waals surface area (Å²) in [6, 6.07) is 7.98. The summed E-state index contributed by atoms with van der Waals surface area (Å²) in [6.07, 6.45) is -0.609. The molecule has 1 heterocycles. The summed E-state index contributed by atoms with van der Waals surface area (Å²) < 4.78 is 38.5. The van der Waals surface area contributed by atoms with Crippen molar-refractivity contribution in [1.29, 1.82) is 0 Å². The zero-order chi connectivity index (χ0) is 20.9. The van der Waals surface area contributed by atoms with Crippen molar-refractivity contribution >= 4 is 17.5 Å². The molecule has 1 N–H and O–H groups in total. The molecule has 150 valence electrons.